The van der Waals surface area contributed by atoms with E-state index in [1.54, 1.807) is 12.1 Å². The van der Waals surface area contributed by atoms with E-state index in [-0.39, 0.29) is 17.7 Å². The fourth-order valence-corrected chi connectivity index (χ4v) is 3.58. The molecule has 2 aliphatic heterocycles. The Bertz CT molecular complexity index is 584. The van der Waals surface area contributed by atoms with Gasteiger partial charge in [-0.05, 0) is 30.0 Å². The molecular weight excluding hydrogens is 296 g/mol. The van der Waals surface area contributed by atoms with Gasteiger partial charge in [0.1, 0.15) is 5.75 Å². The fourth-order valence-electron chi connectivity index (χ4n) is 3.58. The van der Waals surface area contributed by atoms with E-state index in [0.717, 1.165) is 30.6 Å². The lowest BCUT2D eigenvalue weighted by Crippen LogP contribution is -2.46. The summed E-state index contributed by atoms with van der Waals surface area (Å²) in [5, 5.41) is 23.7. The molecular formula is C17H24N2O4. The fraction of sp³-hybridized carbons (Fsp3) is 0.588. The Labute approximate surface area is 136 Å². The van der Waals surface area contributed by atoms with Crippen molar-refractivity contribution in [2.45, 2.75) is 38.3 Å². The zero-order chi connectivity index (χ0) is 16.4. The van der Waals surface area contributed by atoms with Gasteiger partial charge in [-0.15, -0.1) is 0 Å². The number of phenols is 1. The predicted molar refractivity (Wildman–Crippen MR) is 86.5 cm³/mol. The maximum absolute atomic E-state index is 11.6. The number of carbonyl (C=O) groups excluding carboxylic acids is 1. The van der Waals surface area contributed by atoms with E-state index in [1.165, 1.54) is 0 Å². The van der Waals surface area contributed by atoms with Gasteiger partial charge in [-0.3, -0.25) is 9.69 Å². The SMILES string of the molecule is CCC(C(O)c1ccc(O)c2c1CCC(=O)N2)N1CCOCC1. The molecule has 1 aromatic rings. The minimum atomic E-state index is -0.651. The highest BCUT2D eigenvalue weighted by molar-refractivity contribution is 5.96. The van der Waals surface area contributed by atoms with Crippen LogP contribution in [0, 0.1) is 0 Å². The van der Waals surface area contributed by atoms with E-state index in [9.17, 15) is 15.0 Å². The van der Waals surface area contributed by atoms with Crippen LogP contribution in [0.5, 0.6) is 5.75 Å². The van der Waals surface area contributed by atoms with Crippen LogP contribution in [0.4, 0.5) is 5.69 Å². The molecule has 0 radical (unpaired) electrons. The predicted octanol–water partition coefficient (Wildman–Crippen LogP) is 1.42. The Kier molecular flexibility index (Phi) is 4.84. The van der Waals surface area contributed by atoms with Crippen molar-refractivity contribution in [3.63, 3.8) is 0 Å². The van der Waals surface area contributed by atoms with Crippen molar-refractivity contribution in [1.82, 2.24) is 4.90 Å². The summed E-state index contributed by atoms with van der Waals surface area (Å²) in [5.74, 6) is -0.0388. The number of amides is 1. The van der Waals surface area contributed by atoms with Crippen molar-refractivity contribution in [3.8, 4) is 5.75 Å². The molecule has 3 rings (SSSR count). The van der Waals surface area contributed by atoms with Crippen LogP contribution in [0.3, 0.4) is 0 Å². The van der Waals surface area contributed by atoms with Crippen LogP contribution in [0.15, 0.2) is 12.1 Å². The molecule has 1 saturated heterocycles. The lowest BCUT2D eigenvalue weighted by Gasteiger charge is -2.37. The highest BCUT2D eigenvalue weighted by atomic mass is 16.5. The molecule has 0 aromatic heterocycles. The molecule has 2 aliphatic rings. The number of nitrogens with one attached hydrogen (secondary N) is 1. The second kappa shape index (κ2) is 6.86. The summed E-state index contributed by atoms with van der Waals surface area (Å²) in [6, 6.07) is 3.33. The quantitative estimate of drug-likeness (QED) is 0.731. The van der Waals surface area contributed by atoms with Crippen LogP contribution in [-0.4, -0.2) is 53.4 Å². The van der Waals surface area contributed by atoms with E-state index in [4.69, 9.17) is 4.74 Å². The lowest BCUT2D eigenvalue weighted by atomic mass is 9.89. The number of fused-ring (bicyclic) bond motifs is 1. The van der Waals surface area contributed by atoms with Crippen molar-refractivity contribution in [2.24, 2.45) is 0 Å². The zero-order valence-corrected chi connectivity index (χ0v) is 13.4. The number of aliphatic hydroxyl groups is 1. The number of aromatic hydroxyl groups is 1. The summed E-state index contributed by atoms with van der Waals surface area (Å²) in [6.07, 6.45) is 1.09. The van der Waals surface area contributed by atoms with Crippen LogP contribution >= 0.6 is 0 Å². The summed E-state index contributed by atoms with van der Waals surface area (Å²) in [5.41, 5.74) is 2.11. The van der Waals surface area contributed by atoms with Gasteiger partial charge in [0, 0.05) is 25.6 Å². The van der Waals surface area contributed by atoms with E-state index < -0.39 is 6.10 Å². The number of nitrogens with zero attached hydrogens (tertiary/aromatic N) is 1. The smallest absolute Gasteiger partial charge is 0.224 e. The first-order valence-corrected chi connectivity index (χ1v) is 8.26. The van der Waals surface area contributed by atoms with Gasteiger partial charge in [-0.1, -0.05) is 13.0 Å². The van der Waals surface area contributed by atoms with Crippen LogP contribution in [0.1, 0.15) is 37.0 Å². The summed E-state index contributed by atoms with van der Waals surface area (Å²) >= 11 is 0. The van der Waals surface area contributed by atoms with Gasteiger partial charge in [-0.25, -0.2) is 0 Å². The topological polar surface area (TPSA) is 82.0 Å². The third-order valence-electron chi connectivity index (χ3n) is 4.81. The average molecular weight is 320 g/mol. The van der Waals surface area contributed by atoms with Crippen LogP contribution in [-0.2, 0) is 16.0 Å². The Morgan fingerprint density at radius 1 is 1.30 bits per heavy atom. The number of carbonyl (C=O) groups is 1. The molecule has 23 heavy (non-hydrogen) atoms. The Morgan fingerprint density at radius 3 is 2.74 bits per heavy atom. The zero-order valence-electron chi connectivity index (χ0n) is 13.4. The van der Waals surface area contributed by atoms with Gasteiger partial charge in [0.25, 0.3) is 0 Å². The maximum Gasteiger partial charge on any atom is 0.224 e. The molecule has 6 heteroatoms. The van der Waals surface area contributed by atoms with Crippen molar-refractivity contribution in [3.05, 3.63) is 23.3 Å². The molecule has 126 valence electrons. The number of ether oxygens (including phenoxy) is 1. The van der Waals surface area contributed by atoms with E-state index in [0.29, 0.717) is 31.7 Å². The van der Waals surface area contributed by atoms with Gasteiger partial charge in [0.15, 0.2) is 0 Å². The Hall–Kier alpha value is -1.63. The van der Waals surface area contributed by atoms with E-state index in [2.05, 4.69) is 17.1 Å². The number of hydrogen-bond acceptors (Lipinski definition) is 5. The first kappa shape index (κ1) is 16.2. The van der Waals surface area contributed by atoms with Gasteiger partial charge >= 0.3 is 0 Å². The number of hydrogen-bond donors (Lipinski definition) is 3. The highest BCUT2D eigenvalue weighted by Crippen LogP contribution is 2.38. The van der Waals surface area contributed by atoms with Crippen molar-refractivity contribution >= 4 is 11.6 Å². The van der Waals surface area contributed by atoms with Crippen molar-refractivity contribution in [2.75, 3.05) is 31.6 Å². The second-order valence-electron chi connectivity index (χ2n) is 6.14. The van der Waals surface area contributed by atoms with Gasteiger partial charge in [0.05, 0.1) is 25.0 Å². The Balaban J connectivity index is 1.90. The van der Waals surface area contributed by atoms with Gasteiger partial charge in [-0.2, -0.15) is 0 Å². The number of morpholine rings is 1. The average Bonchev–Trinajstić information content (AvgIpc) is 2.57. The molecule has 1 aromatic carbocycles. The normalized spacial score (nSPS) is 21.4. The number of phenolic OH excluding ortho intramolecular Hbond substituents is 1. The lowest BCUT2D eigenvalue weighted by molar-refractivity contribution is -0.116. The monoisotopic (exact) mass is 320 g/mol. The molecule has 6 nitrogen and oxygen atoms in total. The largest absolute Gasteiger partial charge is 0.506 e. The third-order valence-corrected chi connectivity index (χ3v) is 4.81. The van der Waals surface area contributed by atoms with E-state index in [1.807, 2.05) is 0 Å². The molecule has 2 heterocycles. The molecule has 2 atom stereocenters. The molecule has 1 amide bonds. The maximum atomic E-state index is 11.6. The van der Waals surface area contributed by atoms with E-state index >= 15 is 0 Å². The number of rotatable bonds is 4. The first-order valence-electron chi connectivity index (χ1n) is 8.26. The number of aliphatic hydroxyl groups excluding tert-OH is 1. The summed E-state index contributed by atoms with van der Waals surface area (Å²) < 4.78 is 5.39. The summed E-state index contributed by atoms with van der Waals surface area (Å²) in [4.78, 5) is 13.8. The molecule has 0 saturated carbocycles. The molecule has 0 spiro atoms. The molecule has 1 fully saturated rings. The minimum Gasteiger partial charge on any atom is -0.506 e. The highest BCUT2D eigenvalue weighted by Gasteiger charge is 2.31. The number of anilines is 1. The summed E-state index contributed by atoms with van der Waals surface area (Å²) in [6.45, 7) is 5.07. The molecule has 3 N–H and O–H groups in total. The van der Waals surface area contributed by atoms with Gasteiger partial charge < -0.3 is 20.3 Å². The molecule has 0 aliphatic carbocycles. The minimum absolute atomic E-state index is 0.00479. The van der Waals surface area contributed by atoms with Crippen LogP contribution in [0.25, 0.3) is 0 Å². The van der Waals surface area contributed by atoms with Crippen molar-refractivity contribution < 1.29 is 19.7 Å². The van der Waals surface area contributed by atoms with Crippen LogP contribution < -0.4 is 5.32 Å². The number of benzene rings is 1. The summed E-state index contributed by atoms with van der Waals surface area (Å²) in [7, 11) is 0. The molecule has 0 bridgehead atoms. The third kappa shape index (κ3) is 3.20. The standard InChI is InChI=1S/C17H24N2O4/c1-2-13(19-7-9-23-10-8-19)17(22)12-3-5-14(20)16-11(12)4-6-15(21)18-16/h3,5,13,17,20,22H,2,4,6-10H2,1H3,(H,18,21). The molecule has 2 unspecified atom stereocenters. The Morgan fingerprint density at radius 2 is 2.04 bits per heavy atom. The van der Waals surface area contributed by atoms with Crippen LogP contribution in [0.2, 0.25) is 0 Å². The van der Waals surface area contributed by atoms with Crippen molar-refractivity contribution in [1.29, 1.82) is 0 Å². The van der Waals surface area contributed by atoms with Gasteiger partial charge in [0.2, 0.25) is 5.91 Å². The first-order chi connectivity index (χ1) is 11.1. The second-order valence-corrected chi connectivity index (χ2v) is 6.14.